The van der Waals surface area contributed by atoms with Crippen LogP contribution in [0, 0.1) is 5.92 Å². The summed E-state index contributed by atoms with van der Waals surface area (Å²) >= 11 is 1.81. The van der Waals surface area contributed by atoms with E-state index in [9.17, 15) is 0 Å². The Morgan fingerprint density at radius 2 is 2.05 bits per heavy atom. The van der Waals surface area contributed by atoms with Crippen molar-refractivity contribution in [3.8, 4) is 0 Å². The van der Waals surface area contributed by atoms with Gasteiger partial charge in [-0.15, -0.1) is 11.8 Å². The second kappa shape index (κ2) is 6.87. The van der Waals surface area contributed by atoms with Crippen molar-refractivity contribution in [1.29, 1.82) is 0 Å². The number of benzene rings is 1. The van der Waals surface area contributed by atoms with Gasteiger partial charge in [0.15, 0.2) is 0 Å². The number of rotatable bonds is 6. The standard InChI is InChI=1S/C15H21N3S/c1-4-11(2)14(16-3)9-19-15-12-7-5-6-8-13(12)17-10-18-15/h5-8,10-11,14,16H,4,9H2,1-3H3. The lowest BCUT2D eigenvalue weighted by atomic mass is 10.0. The number of aromatic nitrogens is 2. The van der Waals surface area contributed by atoms with Crippen LogP contribution in [0.15, 0.2) is 35.6 Å². The van der Waals surface area contributed by atoms with Gasteiger partial charge in [0.05, 0.1) is 5.52 Å². The maximum absolute atomic E-state index is 4.42. The summed E-state index contributed by atoms with van der Waals surface area (Å²) in [5.74, 6) is 1.71. The van der Waals surface area contributed by atoms with Crippen molar-refractivity contribution < 1.29 is 0 Å². The highest BCUT2D eigenvalue weighted by Gasteiger charge is 2.15. The number of para-hydroxylation sites is 1. The average molecular weight is 275 g/mol. The lowest BCUT2D eigenvalue weighted by Crippen LogP contribution is -2.34. The van der Waals surface area contributed by atoms with Crippen LogP contribution < -0.4 is 5.32 Å². The first-order valence-electron chi connectivity index (χ1n) is 6.76. The molecule has 0 saturated heterocycles. The molecule has 1 aromatic heterocycles. The van der Waals surface area contributed by atoms with E-state index in [1.54, 1.807) is 6.33 Å². The van der Waals surface area contributed by atoms with Crippen LogP contribution in [-0.2, 0) is 0 Å². The van der Waals surface area contributed by atoms with Gasteiger partial charge in [0.2, 0.25) is 0 Å². The van der Waals surface area contributed by atoms with E-state index in [2.05, 4.69) is 35.2 Å². The van der Waals surface area contributed by atoms with Gasteiger partial charge < -0.3 is 5.32 Å². The number of nitrogens with one attached hydrogen (secondary N) is 1. The number of hydrogen-bond acceptors (Lipinski definition) is 4. The van der Waals surface area contributed by atoms with Crippen LogP contribution in [-0.4, -0.2) is 28.8 Å². The monoisotopic (exact) mass is 275 g/mol. The molecule has 1 heterocycles. The summed E-state index contributed by atoms with van der Waals surface area (Å²) in [4.78, 5) is 8.72. The fraction of sp³-hybridized carbons (Fsp3) is 0.467. The molecule has 102 valence electrons. The Kier molecular flexibility index (Phi) is 5.16. The van der Waals surface area contributed by atoms with Crippen molar-refractivity contribution in [2.45, 2.75) is 31.3 Å². The molecule has 1 N–H and O–H groups in total. The fourth-order valence-electron chi connectivity index (χ4n) is 2.08. The molecule has 2 rings (SSSR count). The van der Waals surface area contributed by atoms with E-state index in [4.69, 9.17) is 0 Å². The zero-order chi connectivity index (χ0) is 13.7. The van der Waals surface area contributed by atoms with E-state index in [0.29, 0.717) is 12.0 Å². The molecule has 2 unspecified atom stereocenters. The molecule has 0 saturated carbocycles. The zero-order valence-electron chi connectivity index (χ0n) is 11.8. The molecule has 0 bridgehead atoms. The van der Waals surface area contributed by atoms with Gasteiger partial charge in [0, 0.05) is 17.2 Å². The predicted molar refractivity (Wildman–Crippen MR) is 82.6 cm³/mol. The van der Waals surface area contributed by atoms with Gasteiger partial charge >= 0.3 is 0 Å². The van der Waals surface area contributed by atoms with Crippen LogP contribution >= 0.6 is 11.8 Å². The molecule has 0 aliphatic carbocycles. The summed E-state index contributed by atoms with van der Waals surface area (Å²) in [6.07, 6.45) is 2.85. The van der Waals surface area contributed by atoms with Gasteiger partial charge in [-0.05, 0) is 19.0 Å². The summed E-state index contributed by atoms with van der Waals surface area (Å²) in [6.45, 7) is 4.53. The first-order chi connectivity index (χ1) is 9.26. The molecule has 0 fully saturated rings. The minimum atomic E-state index is 0.517. The highest BCUT2D eigenvalue weighted by atomic mass is 32.2. The van der Waals surface area contributed by atoms with E-state index >= 15 is 0 Å². The first kappa shape index (κ1) is 14.3. The largest absolute Gasteiger partial charge is 0.316 e. The van der Waals surface area contributed by atoms with E-state index in [-0.39, 0.29) is 0 Å². The summed E-state index contributed by atoms with van der Waals surface area (Å²) in [7, 11) is 2.04. The number of hydrogen-bond donors (Lipinski definition) is 1. The second-order valence-electron chi connectivity index (χ2n) is 4.79. The Bertz CT molecular complexity index is 524. The molecule has 4 heteroatoms. The van der Waals surface area contributed by atoms with Gasteiger partial charge in [-0.1, -0.05) is 38.5 Å². The van der Waals surface area contributed by atoms with Gasteiger partial charge in [0.25, 0.3) is 0 Å². The average Bonchev–Trinajstić information content (AvgIpc) is 2.47. The second-order valence-corrected chi connectivity index (χ2v) is 5.80. The molecule has 1 aromatic carbocycles. The molecule has 0 spiro atoms. The minimum Gasteiger partial charge on any atom is -0.316 e. The quantitative estimate of drug-likeness (QED) is 0.648. The fourth-order valence-corrected chi connectivity index (χ4v) is 3.36. The molecular formula is C15H21N3S. The molecular weight excluding hydrogens is 254 g/mol. The number of thioether (sulfide) groups is 1. The van der Waals surface area contributed by atoms with E-state index in [0.717, 1.165) is 21.7 Å². The van der Waals surface area contributed by atoms with Crippen molar-refractivity contribution in [3.05, 3.63) is 30.6 Å². The summed E-state index contributed by atoms with van der Waals surface area (Å²) in [5, 5.41) is 5.63. The van der Waals surface area contributed by atoms with Crippen molar-refractivity contribution >= 4 is 22.7 Å². The van der Waals surface area contributed by atoms with E-state index in [1.165, 1.54) is 6.42 Å². The summed E-state index contributed by atoms with van der Waals surface area (Å²) < 4.78 is 0. The van der Waals surface area contributed by atoms with E-state index < -0.39 is 0 Å². The van der Waals surface area contributed by atoms with Gasteiger partial charge in [-0.25, -0.2) is 9.97 Å². The number of nitrogens with zero attached hydrogens (tertiary/aromatic N) is 2. The lowest BCUT2D eigenvalue weighted by molar-refractivity contribution is 0.420. The normalized spacial score (nSPS) is 14.5. The lowest BCUT2D eigenvalue weighted by Gasteiger charge is -2.21. The van der Waals surface area contributed by atoms with Crippen LogP contribution in [0.2, 0.25) is 0 Å². The van der Waals surface area contributed by atoms with E-state index in [1.807, 2.05) is 37.0 Å². The third kappa shape index (κ3) is 3.45. The summed E-state index contributed by atoms with van der Waals surface area (Å²) in [6, 6.07) is 8.70. The topological polar surface area (TPSA) is 37.8 Å². The highest BCUT2D eigenvalue weighted by molar-refractivity contribution is 7.99. The van der Waals surface area contributed by atoms with Crippen LogP contribution in [0.5, 0.6) is 0 Å². The predicted octanol–water partition coefficient (Wildman–Crippen LogP) is 3.36. The SMILES string of the molecule is CCC(C)C(CSc1ncnc2ccccc12)NC. The van der Waals surface area contributed by atoms with Crippen LogP contribution in [0.25, 0.3) is 10.9 Å². The van der Waals surface area contributed by atoms with Crippen molar-refractivity contribution in [2.24, 2.45) is 5.92 Å². The third-order valence-corrected chi connectivity index (χ3v) is 4.73. The van der Waals surface area contributed by atoms with Crippen LogP contribution in [0.1, 0.15) is 20.3 Å². The molecule has 0 aliphatic heterocycles. The van der Waals surface area contributed by atoms with Crippen molar-refractivity contribution in [2.75, 3.05) is 12.8 Å². The number of fused-ring (bicyclic) bond motifs is 1. The Morgan fingerprint density at radius 1 is 1.26 bits per heavy atom. The maximum Gasteiger partial charge on any atom is 0.117 e. The van der Waals surface area contributed by atoms with Crippen LogP contribution in [0.3, 0.4) is 0 Å². The molecule has 0 radical (unpaired) electrons. The molecule has 0 amide bonds. The van der Waals surface area contributed by atoms with Crippen LogP contribution in [0.4, 0.5) is 0 Å². The molecule has 2 aromatic rings. The smallest absolute Gasteiger partial charge is 0.117 e. The van der Waals surface area contributed by atoms with Gasteiger partial charge in [0.1, 0.15) is 11.4 Å². The van der Waals surface area contributed by atoms with Crippen molar-refractivity contribution in [3.63, 3.8) is 0 Å². The molecule has 19 heavy (non-hydrogen) atoms. The first-order valence-corrected chi connectivity index (χ1v) is 7.74. The molecule has 3 nitrogen and oxygen atoms in total. The van der Waals surface area contributed by atoms with Crippen molar-refractivity contribution in [1.82, 2.24) is 15.3 Å². The van der Waals surface area contributed by atoms with Gasteiger partial charge in [-0.2, -0.15) is 0 Å². The Balaban J connectivity index is 2.13. The Hall–Kier alpha value is -1.13. The Morgan fingerprint density at radius 3 is 2.79 bits per heavy atom. The molecule has 0 aliphatic rings. The zero-order valence-corrected chi connectivity index (χ0v) is 12.6. The highest BCUT2D eigenvalue weighted by Crippen LogP contribution is 2.26. The van der Waals surface area contributed by atoms with Gasteiger partial charge in [-0.3, -0.25) is 0 Å². The Labute approximate surface area is 119 Å². The maximum atomic E-state index is 4.42. The minimum absolute atomic E-state index is 0.517. The third-order valence-electron chi connectivity index (χ3n) is 3.61. The summed E-state index contributed by atoms with van der Waals surface area (Å²) in [5.41, 5.74) is 1.02. The molecule has 2 atom stereocenters.